The van der Waals surface area contributed by atoms with Crippen LogP contribution in [0.2, 0.25) is 0 Å². The summed E-state index contributed by atoms with van der Waals surface area (Å²) in [5.41, 5.74) is 6.62. The lowest BCUT2D eigenvalue weighted by Gasteiger charge is -2.30. The average Bonchev–Trinajstić information content (AvgIpc) is 3.28. The van der Waals surface area contributed by atoms with E-state index in [-0.39, 0.29) is 0 Å². The quantitative estimate of drug-likeness (QED) is 0.558. The van der Waals surface area contributed by atoms with Crippen molar-refractivity contribution in [2.24, 2.45) is 7.05 Å². The first-order valence-electron chi connectivity index (χ1n) is 8.71. The highest BCUT2D eigenvalue weighted by Crippen LogP contribution is 2.28. The van der Waals surface area contributed by atoms with Gasteiger partial charge in [-0.2, -0.15) is 5.10 Å². The Hall–Kier alpha value is -3.22. The summed E-state index contributed by atoms with van der Waals surface area (Å²) < 4.78 is 3.71. The molecule has 5 rings (SSSR count). The fourth-order valence-corrected chi connectivity index (χ4v) is 3.65. The molecule has 26 heavy (non-hydrogen) atoms. The van der Waals surface area contributed by atoms with E-state index in [1.807, 2.05) is 40.9 Å². The second-order valence-electron chi connectivity index (χ2n) is 6.72. The van der Waals surface area contributed by atoms with Gasteiger partial charge in [0, 0.05) is 62.6 Å². The van der Waals surface area contributed by atoms with E-state index in [0.717, 1.165) is 47.8 Å². The Bertz CT molecular complexity index is 1110. The van der Waals surface area contributed by atoms with Crippen LogP contribution in [0.25, 0.3) is 16.9 Å². The molecular formula is C19H19N7. The van der Waals surface area contributed by atoms with Crippen LogP contribution in [0, 0.1) is 6.92 Å². The Morgan fingerprint density at radius 2 is 2.04 bits per heavy atom. The molecule has 0 amide bonds. The summed E-state index contributed by atoms with van der Waals surface area (Å²) >= 11 is 0. The number of pyridine rings is 1. The zero-order valence-corrected chi connectivity index (χ0v) is 14.8. The van der Waals surface area contributed by atoms with E-state index in [2.05, 4.69) is 34.0 Å². The van der Waals surface area contributed by atoms with Crippen LogP contribution in [0.3, 0.4) is 0 Å². The van der Waals surface area contributed by atoms with Crippen molar-refractivity contribution in [3.8, 4) is 11.3 Å². The smallest absolute Gasteiger partial charge is 0.153 e. The van der Waals surface area contributed by atoms with E-state index >= 15 is 0 Å². The van der Waals surface area contributed by atoms with Crippen molar-refractivity contribution in [2.45, 2.75) is 19.9 Å². The Morgan fingerprint density at radius 3 is 2.88 bits per heavy atom. The van der Waals surface area contributed by atoms with Crippen molar-refractivity contribution in [1.82, 2.24) is 29.4 Å². The number of nitrogens with zero attached hydrogens (tertiary/aromatic N) is 7. The summed E-state index contributed by atoms with van der Waals surface area (Å²) in [6.45, 7) is 3.82. The van der Waals surface area contributed by atoms with Crippen LogP contribution >= 0.6 is 0 Å². The number of fused-ring (bicyclic) bond motifs is 2. The standard InChI is InChI=1S/C19H19N7/c1-13-9-18-20-6-8-26(18)23-19(13)25-7-4-16-15(12-25)10-14(11-21-16)17-3-5-22-24(17)2/h3,5-6,8-11H,4,7,12H2,1-2H3. The third kappa shape index (κ3) is 2.35. The van der Waals surface area contributed by atoms with E-state index in [4.69, 9.17) is 10.1 Å². The van der Waals surface area contributed by atoms with Gasteiger partial charge in [-0.3, -0.25) is 9.67 Å². The third-order valence-electron chi connectivity index (χ3n) is 5.01. The van der Waals surface area contributed by atoms with Crippen molar-refractivity contribution in [1.29, 1.82) is 0 Å². The van der Waals surface area contributed by atoms with Gasteiger partial charge in [-0.05, 0) is 36.2 Å². The van der Waals surface area contributed by atoms with Crippen LogP contribution in [0.15, 0.2) is 43.0 Å². The molecule has 7 nitrogen and oxygen atoms in total. The number of hydrogen-bond donors (Lipinski definition) is 0. The molecule has 0 unspecified atom stereocenters. The molecule has 0 aliphatic carbocycles. The second kappa shape index (κ2) is 5.66. The van der Waals surface area contributed by atoms with Gasteiger partial charge >= 0.3 is 0 Å². The molecule has 0 saturated carbocycles. The fourth-order valence-electron chi connectivity index (χ4n) is 3.65. The molecular weight excluding hydrogens is 326 g/mol. The first kappa shape index (κ1) is 15.1. The molecule has 0 radical (unpaired) electrons. The molecule has 4 aromatic heterocycles. The van der Waals surface area contributed by atoms with E-state index in [1.54, 1.807) is 6.20 Å². The summed E-state index contributed by atoms with van der Waals surface area (Å²) in [6, 6.07) is 6.33. The van der Waals surface area contributed by atoms with Crippen LogP contribution in [0.5, 0.6) is 0 Å². The molecule has 0 atom stereocenters. The van der Waals surface area contributed by atoms with Gasteiger partial charge in [-0.25, -0.2) is 9.50 Å². The van der Waals surface area contributed by atoms with E-state index < -0.39 is 0 Å². The summed E-state index contributed by atoms with van der Waals surface area (Å²) in [5, 5.41) is 9.03. The van der Waals surface area contributed by atoms with Gasteiger partial charge in [0.25, 0.3) is 0 Å². The summed E-state index contributed by atoms with van der Waals surface area (Å²) in [5.74, 6) is 1.01. The van der Waals surface area contributed by atoms with Crippen molar-refractivity contribution < 1.29 is 0 Å². The molecule has 7 heteroatoms. The Labute approximate surface area is 150 Å². The molecule has 0 aromatic carbocycles. The number of aryl methyl sites for hydroxylation is 2. The summed E-state index contributed by atoms with van der Waals surface area (Å²) in [7, 11) is 1.95. The number of aromatic nitrogens is 6. The van der Waals surface area contributed by atoms with Crippen LogP contribution in [0.4, 0.5) is 5.82 Å². The highest BCUT2D eigenvalue weighted by Gasteiger charge is 2.21. The van der Waals surface area contributed by atoms with Gasteiger partial charge in [0.2, 0.25) is 0 Å². The lowest BCUT2D eigenvalue weighted by atomic mass is 10.0. The Kier molecular flexibility index (Phi) is 3.28. The average molecular weight is 345 g/mol. The first-order valence-corrected chi connectivity index (χ1v) is 8.71. The summed E-state index contributed by atoms with van der Waals surface area (Å²) in [6.07, 6.45) is 8.35. The predicted molar refractivity (Wildman–Crippen MR) is 98.9 cm³/mol. The van der Waals surface area contributed by atoms with Gasteiger partial charge in [-0.15, -0.1) is 5.10 Å². The minimum absolute atomic E-state index is 0.808. The highest BCUT2D eigenvalue weighted by atomic mass is 15.3. The molecule has 0 saturated heterocycles. The highest BCUT2D eigenvalue weighted by molar-refractivity contribution is 5.61. The maximum atomic E-state index is 4.76. The molecule has 4 aromatic rings. The largest absolute Gasteiger partial charge is 0.350 e. The predicted octanol–water partition coefficient (Wildman–Crippen LogP) is 2.40. The van der Waals surface area contributed by atoms with Crippen molar-refractivity contribution in [3.05, 3.63) is 59.8 Å². The molecule has 1 aliphatic heterocycles. The molecule has 1 aliphatic rings. The van der Waals surface area contributed by atoms with E-state index in [0.29, 0.717) is 0 Å². The van der Waals surface area contributed by atoms with Gasteiger partial charge in [0.15, 0.2) is 11.5 Å². The minimum Gasteiger partial charge on any atom is -0.350 e. The van der Waals surface area contributed by atoms with Crippen LogP contribution in [0.1, 0.15) is 16.8 Å². The Balaban J connectivity index is 1.52. The zero-order valence-electron chi connectivity index (χ0n) is 14.8. The van der Waals surface area contributed by atoms with Gasteiger partial charge in [0.05, 0.1) is 5.69 Å². The number of imidazole rings is 1. The normalized spacial score (nSPS) is 14.0. The minimum atomic E-state index is 0.808. The van der Waals surface area contributed by atoms with Gasteiger partial charge in [0.1, 0.15) is 0 Å². The molecule has 130 valence electrons. The number of hydrogen-bond acceptors (Lipinski definition) is 5. The topological polar surface area (TPSA) is 64.1 Å². The number of rotatable bonds is 2. The molecule has 5 heterocycles. The lowest BCUT2D eigenvalue weighted by molar-refractivity contribution is 0.689. The lowest BCUT2D eigenvalue weighted by Crippen LogP contribution is -2.32. The van der Waals surface area contributed by atoms with Gasteiger partial charge in [-0.1, -0.05) is 0 Å². The zero-order chi connectivity index (χ0) is 17.7. The second-order valence-corrected chi connectivity index (χ2v) is 6.72. The van der Waals surface area contributed by atoms with E-state index in [9.17, 15) is 0 Å². The van der Waals surface area contributed by atoms with Crippen molar-refractivity contribution in [2.75, 3.05) is 11.4 Å². The fraction of sp³-hybridized carbons (Fsp3) is 0.263. The SMILES string of the molecule is Cc1cc2nccn2nc1N1CCc2ncc(-c3ccnn3C)cc2C1. The van der Waals surface area contributed by atoms with Crippen LogP contribution < -0.4 is 4.90 Å². The molecule has 0 spiro atoms. The summed E-state index contributed by atoms with van der Waals surface area (Å²) in [4.78, 5) is 11.3. The molecule has 0 bridgehead atoms. The first-order chi connectivity index (χ1) is 12.7. The van der Waals surface area contributed by atoms with Gasteiger partial charge < -0.3 is 4.90 Å². The molecule has 0 N–H and O–H groups in total. The number of anilines is 1. The third-order valence-corrected chi connectivity index (χ3v) is 5.01. The maximum absolute atomic E-state index is 4.76. The van der Waals surface area contributed by atoms with Crippen molar-refractivity contribution in [3.63, 3.8) is 0 Å². The van der Waals surface area contributed by atoms with E-state index in [1.165, 1.54) is 11.3 Å². The maximum Gasteiger partial charge on any atom is 0.153 e. The van der Waals surface area contributed by atoms with Crippen molar-refractivity contribution >= 4 is 11.5 Å². The monoisotopic (exact) mass is 345 g/mol. The van der Waals surface area contributed by atoms with Crippen LogP contribution in [-0.4, -0.2) is 35.9 Å². The Morgan fingerprint density at radius 1 is 1.12 bits per heavy atom. The van der Waals surface area contributed by atoms with Crippen LogP contribution in [-0.2, 0) is 20.0 Å². The molecule has 0 fully saturated rings.